The molecule has 0 unspecified atom stereocenters. The van der Waals surface area contributed by atoms with Crippen molar-refractivity contribution in [1.29, 1.82) is 0 Å². The molecule has 1 saturated carbocycles. The largest absolute Gasteiger partial charge is 0.330 e. The van der Waals surface area contributed by atoms with Crippen LogP contribution in [0.4, 0.5) is 8.78 Å². The lowest BCUT2D eigenvalue weighted by atomic mass is 9.63. The molecule has 0 bridgehead atoms. The van der Waals surface area contributed by atoms with E-state index in [0.717, 1.165) is 16.6 Å². The minimum Gasteiger partial charge on any atom is -0.330 e. The molecule has 2 aromatic rings. The Morgan fingerprint density at radius 1 is 1.33 bits per heavy atom. The third kappa shape index (κ3) is 1.47. The van der Waals surface area contributed by atoms with Crippen molar-refractivity contribution in [2.24, 2.45) is 12.8 Å². The second-order valence-electron chi connectivity index (χ2n) is 5.18. The molecule has 5 heteroatoms. The Labute approximate surface area is 104 Å². The van der Waals surface area contributed by atoms with Gasteiger partial charge in [0.25, 0.3) is 0 Å². The number of fused-ring (bicyclic) bond motifs is 1. The number of hydrogen-bond donors (Lipinski definition) is 1. The van der Waals surface area contributed by atoms with E-state index in [2.05, 4.69) is 5.10 Å². The van der Waals surface area contributed by atoms with Crippen molar-refractivity contribution in [3.63, 3.8) is 0 Å². The van der Waals surface area contributed by atoms with Gasteiger partial charge in [0.15, 0.2) is 0 Å². The predicted molar refractivity (Wildman–Crippen MR) is 65.6 cm³/mol. The molecule has 0 spiro atoms. The molecule has 1 heterocycles. The van der Waals surface area contributed by atoms with Crippen molar-refractivity contribution in [3.05, 3.63) is 30.0 Å². The van der Waals surface area contributed by atoms with Crippen molar-refractivity contribution in [2.45, 2.75) is 24.2 Å². The Bertz CT molecular complexity index is 595. The molecule has 0 saturated heterocycles. The van der Waals surface area contributed by atoms with E-state index in [1.54, 1.807) is 11.7 Å². The van der Waals surface area contributed by atoms with E-state index in [1.807, 2.05) is 24.3 Å². The Morgan fingerprint density at radius 2 is 2.00 bits per heavy atom. The molecule has 96 valence electrons. The summed E-state index contributed by atoms with van der Waals surface area (Å²) in [4.78, 5) is 0. The number of nitrogens with two attached hydrogens (primary N) is 1. The lowest BCUT2D eigenvalue weighted by Crippen LogP contribution is -2.54. The number of aromatic nitrogens is 2. The van der Waals surface area contributed by atoms with Crippen LogP contribution in [-0.4, -0.2) is 22.2 Å². The Balaban J connectivity index is 2.17. The van der Waals surface area contributed by atoms with E-state index >= 15 is 0 Å². The molecular formula is C13H15F2N3. The standard InChI is InChI=1S/C13H15F2N3/c1-18-11(9-4-2-3-5-10(9)17-18)12(8-16)6-13(14,15)7-12/h2-5H,6-8,16H2,1H3. The van der Waals surface area contributed by atoms with Gasteiger partial charge >= 0.3 is 0 Å². The first-order valence-electron chi connectivity index (χ1n) is 5.98. The zero-order chi connectivity index (χ0) is 13.0. The van der Waals surface area contributed by atoms with E-state index in [1.165, 1.54) is 0 Å². The molecule has 0 amide bonds. The Morgan fingerprint density at radius 3 is 2.61 bits per heavy atom. The normalized spacial score (nSPS) is 20.9. The lowest BCUT2D eigenvalue weighted by Gasteiger charge is -2.46. The van der Waals surface area contributed by atoms with Gasteiger partial charge in [0.05, 0.1) is 11.2 Å². The van der Waals surface area contributed by atoms with Gasteiger partial charge in [0.2, 0.25) is 5.92 Å². The van der Waals surface area contributed by atoms with Gasteiger partial charge in [-0.25, -0.2) is 8.78 Å². The quantitative estimate of drug-likeness (QED) is 0.889. The summed E-state index contributed by atoms with van der Waals surface area (Å²) in [6, 6.07) is 7.60. The summed E-state index contributed by atoms with van der Waals surface area (Å²) in [5, 5.41) is 5.30. The van der Waals surface area contributed by atoms with Crippen molar-refractivity contribution in [2.75, 3.05) is 6.54 Å². The molecule has 1 aliphatic rings. The molecule has 1 aromatic carbocycles. The summed E-state index contributed by atoms with van der Waals surface area (Å²) in [5.41, 5.74) is 6.81. The minimum atomic E-state index is -2.59. The van der Waals surface area contributed by atoms with Gasteiger partial charge in [-0.3, -0.25) is 4.68 Å². The van der Waals surface area contributed by atoms with Crippen LogP contribution in [0, 0.1) is 0 Å². The van der Waals surface area contributed by atoms with Crippen LogP contribution in [0.15, 0.2) is 24.3 Å². The highest BCUT2D eigenvalue weighted by Gasteiger charge is 2.58. The van der Waals surface area contributed by atoms with Crippen LogP contribution < -0.4 is 5.73 Å². The molecule has 0 atom stereocenters. The predicted octanol–water partition coefficient (Wildman–Crippen LogP) is 2.20. The van der Waals surface area contributed by atoms with Gasteiger partial charge in [0.1, 0.15) is 0 Å². The Kier molecular flexibility index (Phi) is 2.26. The van der Waals surface area contributed by atoms with Crippen LogP contribution in [0.1, 0.15) is 18.5 Å². The van der Waals surface area contributed by atoms with Crippen LogP contribution >= 0.6 is 0 Å². The molecule has 1 aliphatic carbocycles. The molecular weight excluding hydrogens is 236 g/mol. The van der Waals surface area contributed by atoms with Crippen molar-refractivity contribution in [3.8, 4) is 0 Å². The molecule has 0 radical (unpaired) electrons. The fourth-order valence-electron chi connectivity index (χ4n) is 3.12. The zero-order valence-electron chi connectivity index (χ0n) is 10.2. The average Bonchev–Trinajstić information content (AvgIpc) is 2.61. The molecule has 0 aliphatic heterocycles. The molecule has 3 rings (SSSR count). The first-order chi connectivity index (χ1) is 8.47. The lowest BCUT2D eigenvalue weighted by molar-refractivity contribution is -0.125. The van der Waals surface area contributed by atoms with Crippen molar-refractivity contribution < 1.29 is 8.78 Å². The van der Waals surface area contributed by atoms with Gasteiger partial charge in [-0.1, -0.05) is 18.2 Å². The summed E-state index contributed by atoms with van der Waals surface area (Å²) in [6.45, 7) is 0.228. The number of halogens is 2. The van der Waals surface area contributed by atoms with Gasteiger partial charge in [-0.15, -0.1) is 0 Å². The molecule has 18 heavy (non-hydrogen) atoms. The van der Waals surface area contributed by atoms with E-state index in [9.17, 15) is 8.78 Å². The van der Waals surface area contributed by atoms with Gasteiger partial charge in [-0.2, -0.15) is 5.10 Å². The van der Waals surface area contributed by atoms with Crippen LogP contribution in [-0.2, 0) is 12.5 Å². The maximum atomic E-state index is 13.3. The highest BCUT2D eigenvalue weighted by atomic mass is 19.3. The summed E-state index contributed by atoms with van der Waals surface area (Å²) in [6.07, 6.45) is -0.361. The van der Waals surface area contributed by atoms with Crippen LogP contribution in [0.3, 0.4) is 0 Å². The van der Waals surface area contributed by atoms with Crippen LogP contribution in [0.5, 0.6) is 0 Å². The molecule has 3 nitrogen and oxygen atoms in total. The highest BCUT2D eigenvalue weighted by molar-refractivity contribution is 5.82. The number of benzene rings is 1. The first kappa shape index (κ1) is 11.6. The highest BCUT2D eigenvalue weighted by Crippen LogP contribution is 2.53. The third-order valence-electron chi connectivity index (χ3n) is 3.83. The van der Waals surface area contributed by atoms with Crippen LogP contribution in [0.2, 0.25) is 0 Å². The SMILES string of the molecule is Cn1nc2ccccc2c1C1(CN)CC(F)(F)C1. The average molecular weight is 251 g/mol. The summed E-state index contributed by atoms with van der Waals surface area (Å²) in [5.74, 6) is -2.59. The number of alkyl halides is 2. The fourth-order valence-corrected chi connectivity index (χ4v) is 3.12. The fraction of sp³-hybridized carbons (Fsp3) is 0.462. The van der Waals surface area contributed by atoms with E-state index in [0.29, 0.717) is 0 Å². The topological polar surface area (TPSA) is 43.8 Å². The molecule has 2 N–H and O–H groups in total. The monoisotopic (exact) mass is 251 g/mol. The maximum Gasteiger partial charge on any atom is 0.250 e. The third-order valence-corrected chi connectivity index (χ3v) is 3.83. The summed E-state index contributed by atoms with van der Waals surface area (Å²) < 4.78 is 28.2. The second kappa shape index (κ2) is 3.51. The van der Waals surface area contributed by atoms with Gasteiger partial charge < -0.3 is 5.73 Å². The van der Waals surface area contributed by atoms with Gasteiger partial charge in [-0.05, 0) is 6.07 Å². The van der Waals surface area contributed by atoms with Crippen LogP contribution in [0.25, 0.3) is 10.9 Å². The molecule has 1 fully saturated rings. The van der Waals surface area contributed by atoms with E-state index < -0.39 is 11.3 Å². The number of aryl methyl sites for hydroxylation is 1. The first-order valence-corrected chi connectivity index (χ1v) is 5.98. The summed E-state index contributed by atoms with van der Waals surface area (Å²) in [7, 11) is 1.79. The number of rotatable bonds is 2. The van der Waals surface area contributed by atoms with Crippen molar-refractivity contribution in [1.82, 2.24) is 9.78 Å². The van der Waals surface area contributed by atoms with E-state index in [4.69, 9.17) is 5.73 Å². The second-order valence-corrected chi connectivity index (χ2v) is 5.18. The van der Waals surface area contributed by atoms with Crippen molar-refractivity contribution >= 4 is 10.9 Å². The Hall–Kier alpha value is -1.49. The van der Waals surface area contributed by atoms with E-state index in [-0.39, 0.29) is 19.4 Å². The molecule has 1 aromatic heterocycles. The van der Waals surface area contributed by atoms with Gasteiger partial charge in [0, 0.05) is 37.2 Å². The number of nitrogens with zero attached hydrogens (tertiary/aromatic N) is 2. The smallest absolute Gasteiger partial charge is 0.250 e. The maximum absolute atomic E-state index is 13.3. The zero-order valence-corrected chi connectivity index (χ0v) is 10.2. The minimum absolute atomic E-state index is 0.181. The number of hydrogen-bond acceptors (Lipinski definition) is 2. The summed E-state index contributed by atoms with van der Waals surface area (Å²) >= 11 is 0.